The van der Waals surface area contributed by atoms with Crippen LogP contribution >= 0.6 is 0 Å². The fourth-order valence-electron chi connectivity index (χ4n) is 2.53. The van der Waals surface area contributed by atoms with E-state index in [1.807, 2.05) is 63.2 Å². The Balaban J connectivity index is 1.97. The summed E-state index contributed by atoms with van der Waals surface area (Å²) in [5.41, 5.74) is 3.35. The zero-order valence-electron chi connectivity index (χ0n) is 14.5. The van der Waals surface area contributed by atoms with E-state index in [2.05, 4.69) is 5.32 Å². The summed E-state index contributed by atoms with van der Waals surface area (Å²) in [6, 6.07) is 14.9. The summed E-state index contributed by atoms with van der Waals surface area (Å²) in [6.07, 6.45) is 0. The molecule has 1 N–H and O–H groups in total. The van der Waals surface area contributed by atoms with Crippen LogP contribution in [0.2, 0.25) is 0 Å². The number of nitrogens with one attached hydrogen (secondary N) is 1. The molecule has 4 nitrogen and oxygen atoms in total. The lowest BCUT2D eigenvalue weighted by molar-refractivity contribution is 0.0772. The lowest BCUT2D eigenvalue weighted by Gasteiger charge is -2.18. The van der Waals surface area contributed by atoms with Crippen molar-refractivity contribution >= 4 is 11.8 Å². The van der Waals surface area contributed by atoms with Gasteiger partial charge in [-0.3, -0.25) is 9.59 Å². The van der Waals surface area contributed by atoms with Gasteiger partial charge in [-0.25, -0.2) is 0 Å². The van der Waals surface area contributed by atoms with Crippen molar-refractivity contribution in [2.24, 2.45) is 0 Å². The van der Waals surface area contributed by atoms with Gasteiger partial charge in [0.25, 0.3) is 11.8 Å². The van der Waals surface area contributed by atoms with E-state index < -0.39 is 0 Å². The summed E-state index contributed by atoms with van der Waals surface area (Å²) in [5, 5.41) is 2.90. The predicted molar refractivity (Wildman–Crippen MR) is 96.0 cm³/mol. The van der Waals surface area contributed by atoms with E-state index in [4.69, 9.17) is 0 Å². The number of aryl methyl sites for hydroxylation is 1. The largest absolute Gasteiger partial charge is 0.348 e. The minimum atomic E-state index is -0.0954. The van der Waals surface area contributed by atoms with Gasteiger partial charge >= 0.3 is 0 Å². The highest BCUT2D eigenvalue weighted by molar-refractivity contribution is 5.95. The highest BCUT2D eigenvalue weighted by Gasteiger charge is 2.12. The van der Waals surface area contributed by atoms with Crippen molar-refractivity contribution in [2.45, 2.75) is 27.3 Å². The lowest BCUT2D eigenvalue weighted by Crippen LogP contribution is -2.30. The van der Waals surface area contributed by atoms with Crippen LogP contribution in [-0.2, 0) is 6.54 Å². The maximum atomic E-state index is 12.3. The zero-order valence-corrected chi connectivity index (χ0v) is 14.5. The summed E-state index contributed by atoms with van der Waals surface area (Å²) < 4.78 is 0. The van der Waals surface area contributed by atoms with Gasteiger partial charge in [0.05, 0.1) is 0 Å². The maximum Gasteiger partial charge on any atom is 0.253 e. The molecule has 0 bridgehead atoms. The standard InChI is InChI=1S/C20H24N2O2/c1-4-22(5-2)20(24)17-11-9-16(10-12-17)14-21-19(23)18-8-6-7-15(3)13-18/h6-13H,4-5,14H2,1-3H3,(H,21,23). The van der Waals surface area contributed by atoms with E-state index in [0.29, 0.717) is 30.8 Å². The van der Waals surface area contributed by atoms with Crippen molar-refractivity contribution in [3.63, 3.8) is 0 Å². The van der Waals surface area contributed by atoms with Gasteiger partial charge in [-0.1, -0.05) is 29.8 Å². The third kappa shape index (κ3) is 4.44. The molecule has 0 aliphatic rings. The Labute approximate surface area is 143 Å². The van der Waals surface area contributed by atoms with Gasteiger partial charge in [0.1, 0.15) is 0 Å². The molecule has 0 saturated carbocycles. The molecule has 0 aromatic heterocycles. The Morgan fingerprint density at radius 1 is 0.958 bits per heavy atom. The lowest BCUT2D eigenvalue weighted by atomic mass is 10.1. The Hall–Kier alpha value is -2.62. The molecule has 0 aliphatic heterocycles. The summed E-state index contributed by atoms with van der Waals surface area (Å²) in [7, 11) is 0. The molecule has 0 heterocycles. The topological polar surface area (TPSA) is 49.4 Å². The number of hydrogen-bond acceptors (Lipinski definition) is 2. The minimum Gasteiger partial charge on any atom is -0.348 e. The van der Waals surface area contributed by atoms with E-state index in [-0.39, 0.29) is 11.8 Å². The van der Waals surface area contributed by atoms with Crippen LogP contribution in [0.5, 0.6) is 0 Å². The molecule has 0 spiro atoms. The SMILES string of the molecule is CCN(CC)C(=O)c1ccc(CNC(=O)c2cccc(C)c2)cc1. The second kappa shape index (κ2) is 8.29. The van der Waals surface area contributed by atoms with Gasteiger partial charge in [0.2, 0.25) is 0 Å². The van der Waals surface area contributed by atoms with Crippen LogP contribution in [0.25, 0.3) is 0 Å². The number of nitrogens with zero attached hydrogens (tertiary/aromatic N) is 1. The molecule has 0 radical (unpaired) electrons. The van der Waals surface area contributed by atoms with Crippen molar-refractivity contribution in [1.82, 2.24) is 10.2 Å². The third-order valence-electron chi connectivity index (χ3n) is 3.98. The van der Waals surface area contributed by atoms with E-state index in [9.17, 15) is 9.59 Å². The fourth-order valence-corrected chi connectivity index (χ4v) is 2.53. The van der Waals surface area contributed by atoms with Gasteiger partial charge in [-0.05, 0) is 50.6 Å². The molecule has 126 valence electrons. The molecular weight excluding hydrogens is 300 g/mol. The minimum absolute atomic E-state index is 0.0374. The van der Waals surface area contributed by atoms with Crippen molar-refractivity contribution in [3.8, 4) is 0 Å². The molecule has 2 aromatic carbocycles. The van der Waals surface area contributed by atoms with E-state index in [1.54, 1.807) is 11.0 Å². The van der Waals surface area contributed by atoms with Gasteiger partial charge in [-0.15, -0.1) is 0 Å². The third-order valence-corrected chi connectivity index (χ3v) is 3.98. The summed E-state index contributed by atoms with van der Waals surface area (Å²) in [5.74, 6) is -0.0580. The molecule has 24 heavy (non-hydrogen) atoms. The van der Waals surface area contributed by atoms with Crippen molar-refractivity contribution in [2.75, 3.05) is 13.1 Å². The number of carbonyl (C=O) groups excluding carboxylic acids is 2. The Morgan fingerprint density at radius 2 is 1.62 bits per heavy atom. The maximum absolute atomic E-state index is 12.3. The molecule has 4 heteroatoms. The fraction of sp³-hybridized carbons (Fsp3) is 0.300. The molecule has 0 fully saturated rings. The molecule has 2 rings (SSSR count). The molecule has 2 aromatic rings. The van der Waals surface area contributed by atoms with Gasteiger partial charge in [0.15, 0.2) is 0 Å². The van der Waals surface area contributed by atoms with Crippen LogP contribution in [0.3, 0.4) is 0 Å². The van der Waals surface area contributed by atoms with Crippen LogP contribution in [0, 0.1) is 6.92 Å². The van der Waals surface area contributed by atoms with Gasteiger partial charge in [-0.2, -0.15) is 0 Å². The van der Waals surface area contributed by atoms with Crippen LogP contribution < -0.4 is 5.32 Å². The van der Waals surface area contributed by atoms with E-state index in [1.165, 1.54) is 0 Å². The van der Waals surface area contributed by atoms with E-state index >= 15 is 0 Å². The van der Waals surface area contributed by atoms with E-state index in [0.717, 1.165) is 11.1 Å². The first-order valence-electron chi connectivity index (χ1n) is 8.28. The Kier molecular flexibility index (Phi) is 6.13. The first-order chi connectivity index (χ1) is 11.5. The molecule has 0 atom stereocenters. The van der Waals surface area contributed by atoms with Crippen molar-refractivity contribution in [1.29, 1.82) is 0 Å². The van der Waals surface area contributed by atoms with Crippen molar-refractivity contribution in [3.05, 3.63) is 70.8 Å². The second-order valence-corrected chi connectivity index (χ2v) is 5.73. The monoisotopic (exact) mass is 324 g/mol. The summed E-state index contributed by atoms with van der Waals surface area (Å²) in [4.78, 5) is 26.2. The molecule has 0 unspecified atom stereocenters. The zero-order chi connectivity index (χ0) is 17.5. The first-order valence-corrected chi connectivity index (χ1v) is 8.28. The average Bonchev–Trinajstić information content (AvgIpc) is 2.61. The molecule has 0 aliphatic carbocycles. The van der Waals surface area contributed by atoms with Crippen LogP contribution in [0.1, 0.15) is 45.7 Å². The number of benzene rings is 2. The van der Waals surface area contributed by atoms with Gasteiger partial charge in [0, 0.05) is 30.8 Å². The number of hydrogen-bond donors (Lipinski definition) is 1. The quantitative estimate of drug-likeness (QED) is 0.885. The van der Waals surface area contributed by atoms with Crippen molar-refractivity contribution < 1.29 is 9.59 Å². The number of rotatable bonds is 6. The van der Waals surface area contributed by atoms with Crippen LogP contribution in [-0.4, -0.2) is 29.8 Å². The number of amides is 2. The Morgan fingerprint density at radius 3 is 2.21 bits per heavy atom. The van der Waals surface area contributed by atoms with Crippen LogP contribution in [0.4, 0.5) is 0 Å². The Bertz CT molecular complexity index is 704. The number of carbonyl (C=O) groups is 2. The molecular formula is C20H24N2O2. The molecule has 0 saturated heterocycles. The molecule has 2 amide bonds. The average molecular weight is 324 g/mol. The predicted octanol–water partition coefficient (Wildman–Crippen LogP) is 3.41. The van der Waals surface area contributed by atoms with Crippen LogP contribution in [0.15, 0.2) is 48.5 Å². The summed E-state index contributed by atoms with van der Waals surface area (Å²) in [6.45, 7) is 7.73. The normalized spacial score (nSPS) is 10.3. The summed E-state index contributed by atoms with van der Waals surface area (Å²) >= 11 is 0. The van der Waals surface area contributed by atoms with Gasteiger partial charge < -0.3 is 10.2 Å². The smallest absolute Gasteiger partial charge is 0.253 e. The second-order valence-electron chi connectivity index (χ2n) is 5.73. The first kappa shape index (κ1) is 17.7. The highest BCUT2D eigenvalue weighted by atomic mass is 16.2. The highest BCUT2D eigenvalue weighted by Crippen LogP contribution is 2.09.